The summed E-state index contributed by atoms with van der Waals surface area (Å²) in [7, 11) is 1.60. The van der Waals surface area contributed by atoms with Crippen molar-refractivity contribution in [2.24, 2.45) is 0 Å². The molecule has 2 unspecified atom stereocenters. The molecule has 1 saturated heterocycles. The Balaban J connectivity index is 1.71. The van der Waals surface area contributed by atoms with Crippen molar-refractivity contribution in [1.29, 1.82) is 0 Å². The third kappa shape index (κ3) is 5.13. The van der Waals surface area contributed by atoms with Gasteiger partial charge >= 0.3 is 11.8 Å². The highest BCUT2D eigenvalue weighted by molar-refractivity contribution is 6.35. The van der Waals surface area contributed by atoms with Gasteiger partial charge in [0.15, 0.2) is 0 Å². The zero-order chi connectivity index (χ0) is 17.5. The maximum atomic E-state index is 12.1. The lowest BCUT2D eigenvalue weighted by Crippen LogP contribution is -2.52. The van der Waals surface area contributed by atoms with Gasteiger partial charge in [-0.1, -0.05) is 0 Å². The van der Waals surface area contributed by atoms with E-state index in [-0.39, 0.29) is 25.4 Å². The summed E-state index contributed by atoms with van der Waals surface area (Å²) < 4.78 is 16.1. The minimum Gasteiger partial charge on any atom is -0.497 e. The zero-order valence-corrected chi connectivity index (χ0v) is 14.3. The van der Waals surface area contributed by atoms with Crippen molar-refractivity contribution in [3.8, 4) is 11.5 Å². The van der Waals surface area contributed by atoms with Crippen LogP contribution in [0.4, 0.5) is 0 Å². The lowest BCUT2D eigenvalue weighted by molar-refractivity contribution is -0.153. The van der Waals surface area contributed by atoms with E-state index in [1.165, 1.54) is 4.90 Å². The number of carbonyl (C=O) groups excluding carboxylic acids is 2. The SMILES string of the molecule is COc1ccc(OCCNC(=O)C(=O)N2CC(C)OC(C)C2)cc1. The fraction of sp³-hybridized carbons (Fsp3) is 0.529. The minimum atomic E-state index is -0.616. The lowest BCUT2D eigenvalue weighted by atomic mass is 10.2. The first-order valence-corrected chi connectivity index (χ1v) is 7.99. The average molecular weight is 336 g/mol. The first-order chi connectivity index (χ1) is 11.5. The average Bonchev–Trinajstić information content (AvgIpc) is 2.57. The van der Waals surface area contributed by atoms with Crippen LogP contribution in [-0.4, -0.2) is 62.3 Å². The second kappa shape index (κ2) is 8.54. The van der Waals surface area contributed by atoms with Crippen LogP contribution in [0.1, 0.15) is 13.8 Å². The quantitative estimate of drug-likeness (QED) is 0.636. The molecule has 1 aliphatic heterocycles. The first kappa shape index (κ1) is 18.1. The van der Waals surface area contributed by atoms with E-state index in [4.69, 9.17) is 14.2 Å². The number of benzene rings is 1. The Morgan fingerprint density at radius 3 is 2.33 bits per heavy atom. The van der Waals surface area contributed by atoms with Crippen LogP contribution in [0.2, 0.25) is 0 Å². The van der Waals surface area contributed by atoms with Crippen LogP contribution in [0.3, 0.4) is 0 Å². The van der Waals surface area contributed by atoms with Crippen molar-refractivity contribution < 1.29 is 23.8 Å². The van der Waals surface area contributed by atoms with Crippen LogP contribution in [-0.2, 0) is 14.3 Å². The number of morpholine rings is 1. The van der Waals surface area contributed by atoms with Crippen molar-refractivity contribution in [2.45, 2.75) is 26.1 Å². The molecule has 2 rings (SSSR count). The zero-order valence-electron chi connectivity index (χ0n) is 14.3. The highest BCUT2D eigenvalue weighted by Gasteiger charge is 2.29. The number of carbonyl (C=O) groups is 2. The molecular weight excluding hydrogens is 312 g/mol. The molecule has 1 aromatic rings. The fourth-order valence-corrected chi connectivity index (χ4v) is 2.57. The van der Waals surface area contributed by atoms with E-state index in [0.29, 0.717) is 18.8 Å². The third-order valence-electron chi connectivity index (χ3n) is 3.62. The summed E-state index contributed by atoms with van der Waals surface area (Å²) in [5, 5.41) is 2.58. The second-order valence-electron chi connectivity index (χ2n) is 5.75. The van der Waals surface area contributed by atoms with E-state index in [2.05, 4.69) is 5.32 Å². The van der Waals surface area contributed by atoms with Gasteiger partial charge < -0.3 is 24.4 Å². The smallest absolute Gasteiger partial charge is 0.312 e. The van der Waals surface area contributed by atoms with Crippen LogP contribution < -0.4 is 14.8 Å². The Labute approximate surface area is 141 Å². The van der Waals surface area contributed by atoms with Crippen molar-refractivity contribution in [3.63, 3.8) is 0 Å². The van der Waals surface area contributed by atoms with Crippen molar-refractivity contribution in [1.82, 2.24) is 10.2 Å². The number of nitrogens with one attached hydrogen (secondary N) is 1. The molecule has 0 radical (unpaired) electrons. The van der Waals surface area contributed by atoms with Gasteiger partial charge in [-0.05, 0) is 38.1 Å². The molecule has 1 fully saturated rings. The molecular formula is C17H24N2O5. The van der Waals surface area contributed by atoms with Gasteiger partial charge in [-0.2, -0.15) is 0 Å². The summed E-state index contributed by atoms with van der Waals surface area (Å²) in [5.74, 6) is 0.276. The summed E-state index contributed by atoms with van der Waals surface area (Å²) >= 11 is 0. The Hall–Kier alpha value is -2.28. The van der Waals surface area contributed by atoms with E-state index in [1.807, 2.05) is 13.8 Å². The van der Waals surface area contributed by atoms with Gasteiger partial charge in [0, 0.05) is 13.1 Å². The number of ether oxygens (including phenoxy) is 3. The van der Waals surface area contributed by atoms with Crippen LogP contribution in [0.15, 0.2) is 24.3 Å². The third-order valence-corrected chi connectivity index (χ3v) is 3.62. The van der Waals surface area contributed by atoms with Gasteiger partial charge in [-0.25, -0.2) is 0 Å². The summed E-state index contributed by atoms with van der Waals surface area (Å²) in [6.07, 6.45) is -0.132. The maximum Gasteiger partial charge on any atom is 0.312 e. The monoisotopic (exact) mass is 336 g/mol. The van der Waals surface area contributed by atoms with E-state index >= 15 is 0 Å². The van der Waals surface area contributed by atoms with Crippen molar-refractivity contribution >= 4 is 11.8 Å². The Morgan fingerprint density at radius 1 is 1.17 bits per heavy atom. The molecule has 0 saturated carbocycles. The molecule has 0 aromatic heterocycles. The largest absolute Gasteiger partial charge is 0.497 e. The highest BCUT2D eigenvalue weighted by Crippen LogP contribution is 2.16. The number of rotatable bonds is 5. The molecule has 24 heavy (non-hydrogen) atoms. The van der Waals surface area contributed by atoms with Gasteiger partial charge in [-0.3, -0.25) is 9.59 Å². The van der Waals surface area contributed by atoms with Gasteiger partial charge in [0.1, 0.15) is 18.1 Å². The molecule has 132 valence electrons. The highest BCUT2D eigenvalue weighted by atomic mass is 16.5. The predicted octanol–water partition coefficient (Wildman–Crippen LogP) is 0.826. The molecule has 0 bridgehead atoms. The molecule has 1 N–H and O–H groups in total. The van der Waals surface area contributed by atoms with Crippen molar-refractivity contribution in [2.75, 3.05) is 33.4 Å². The van der Waals surface area contributed by atoms with Crippen molar-refractivity contribution in [3.05, 3.63) is 24.3 Å². The molecule has 1 heterocycles. The number of methoxy groups -OCH3 is 1. The first-order valence-electron chi connectivity index (χ1n) is 7.99. The summed E-state index contributed by atoms with van der Waals surface area (Å²) in [6, 6.07) is 7.14. The number of amides is 2. The molecule has 2 amide bonds. The molecule has 0 aliphatic carbocycles. The van der Waals surface area contributed by atoms with Crippen LogP contribution in [0.5, 0.6) is 11.5 Å². The Kier molecular flexibility index (Phi) is 6.43. The van der Waals surface area contributed by atoms with Crippen LogP contribution in [0, 0.1) is 0 Å². The molecule has 1 aliphatic rings. The standard InChI is InChI=1S/C17H24N2O5/c1-12-10-19(11-13(2)24-12)17(21)16(20)18-8-9-23-15-6-4-14(22-3)5-7-15/h4-7,12-13H,8-11H2,1-3H3,(H,18,20). The molecule has 7 nitrogen and oxygen atoms in total. The number of hydrogen-bond acceptors (Lipinski definition) is 5. The van der Waals surface area contributed by atoms with Gasteiger partial charge in [-0.15, -0.1) is 0 Å². The topological polar surface area (TPSA) is 77.1 Å². The second-order valence-corrected chi connectivity index (χ2v) is 5.75. The fourth-order valence-electron chi connectivity index (χ4n) is 2.57. The Morgan fingerprint density at radius 2 is 1.75 bits per heavy atom. The minimum absolute atomic E-state index is 0.0658. The van der Waals surface area contributed by atoms with E-state index in [9.17, 15) is 9.59 Å². The lowest BCUT2D eigenvalue weighted by Gasteiger charge is -2.34. The summed E-state index contributed by atoms with van der Waals surface area (Å²) in [4.78, 5) is 25.6. The van der Waals surface area contributed by atoms with E-state index in [0.717, 1.165) is 5.75 Å². The van der Waals surface area contributed by atoms with Crippen LogP contribution in [0.25, 0.3) is 0 Å². The van der Waals surface area contributed by atoms with Gasteiger partial charge in [0.25, 0.3) is 0 Å². The summed E-state index contributed by atoms with van der Waals surface area (Å²) in [6.45, 7) is 5.16. The normalized spacial score (nSPS) is 20.4. The molecule has 1 aromatic carbocycles. The van der Waals surface area contributed by atoms with E-state index in [1.54, 1.807) is 31.4 Å². The number of hydrogen-bond donors (Lipinski definition) is 1. The molecule has 2 atom stereocenters. The van der Waals surface area contributed by atoms with E-state index < -0.39 is 11.8 Å². The summed E-state index contributed by atoms with van der Waals surface area (Å²) in [5.41, 5.74) is 0. The van der Waals surface area contributed by atoms with Gasteiger partial charge in [0.2, 0.25) is 0 Å². The predicted molar refractivity (Wildman–Crippen MR) is 88.1 cm³/mol. The van der Waals surface area contributed by atoms with Gasteiger partial charge in [0.05, 0.1) is 25.9 Å². The molecule has 0 spiro atoms. The number of nitrogens with zero attached hydrogens (tertiary/aromatic N) is 1. The maximum absolute atomic E-state index is 12.1. The molecule has 7 heteroatoms. The Bertz CT molecular complexity index is 551. The van der Waals surface area contributed by atoms with Crippen LogP contribution >= 0.6 is 0 Å².